The van der Waals surface area contributed by atoms with Crippen LogP contribution in [-0.2, 0) is 40.5 Å². The normalized spacial score (nSPS) is 13.9. The van der Waals surface area contributed by atoms with Crippen molar-refractivity contribution in [2.75, 3.05) is 47.0 Å². The Hall–Kier alpha value is -4.75. The highest BCUT2D eigenvalue weighted by atomic mass is 35.5. The number of methoxy groups -OCH3 is 1. The molecule has 10 nitrogen and oxygen atoms in total. The molecule has 2 atom stereocenters. The number of carbonyl (C=O) groups is 2. The number of carbonyl (C=O) groups excluding carboxylic acids is 2. The van der Waals surface area contributed by atoms with Gasteiger partial charge >= 0.3 is 0 Å². The monoisotopic (exact) mass is 768 g/mol. The fourth-order valence-corrected chi connectivity index (χ4v) is 5.52. The number of halogens is 3. The molecule has 0 saturated carbocycles. The van der Waals surface area contributed by atoms with Crippen LogP contribution >= 0.6 is 12.4 Å². The summed E-state index contributed by atoms with van der Waals surface area (Å²) < 4.78 is 49.2. The van der Waals surface area contributed by atoms with Crippen LogP contribution in [0.25, 0.3) is 0 Å². The van der Waals surface area contributed by atoms with Gasteiger partial charge in [0.05, 0.1) is 26.3 Å². The van der Waals surface area contributed by atoms with Crippen molar-refractivity contribution in [1.29, 1.82) is 0 Å². The van der Waals surface area contributed by atoms with Gasteiger partial charge in [-0.2, -0.15) is 0 Å². The molecule has 0 bridgehead atoms. The van der Waals surface area contributed by atoms with Crippen molar-refractivity contribution in [3.05, 3.63) is 125 Å². The van der Waals surface area contributed by atoms with Gasteiger partial charge in [0.15, 0.2) is 11.5 Å². The fourth-order valence-electron chi connectivity index (χ4n) is 5.52. The first-order valence-electron chi connectivity index (χ1n) is 17.7. The van der Waals surface area contributed by atoms with Crippen LogP contribution in [-0.4, -0.2) is 69.8 Å². The molecule has 4 aromatic rings. The molecule has 0 aromatic heterocycles. The van der Waals surface area contributed by atoms with E-state index in [1.807, 2.05) is 48.5 Å². The Morgan fingerprint density at radius 2 is 1.69 bits per heavy atom. The number of nitrogens with two attached hydrogens (primary N) is 1. The summed E-state index contributed by atoms with van der Waals surface area (Å²) in [5.41, 5.74) is 8.56. The van der Waals surface area contributed by atoms with Gasteiger partial charge in [0.2, 0.25) is 11.8 Å². The number of ether oxygens (including phenoxy) is 4. The van der Waals surface area contributed by atoms with Crippen molar-refractivity contribution >= 4 is 24.2 Å². The summed E-state index contributed by atoms with van der Waals surface area (Å²) in [5, 5.41) is 5.72. The Balaban J connectivity index is 0.000000301. The van der Waals surface area contributed by atoms with Crippen LogP contribution in [0.1, 0.15) is 35.6 Å². The smallest absolute Gasteiger partial charge is 0.234 e. The zero-order valence-corrected chi connectivity index (χ0v) is 31.8. The van der Waals surface area contributed by atoms with E-state index in [1.165, 1.54) is 18.2 Å². The fraction of sp³-hybridized carbons (Fsp3) is 0.366. The molecule has 54 heavy (non-hydrogen) atoms. The lowest BCUT2D eigenvalue weighted by Crippen LogP contribution is -2.39. The zero-order valence-electron chi connectivity index (χ0n) is 31.0. The van der Waals surface area contributed by atoms with Crippen molar-refractivity contribution in [2.45, 2.75) is 45.6 Å². The number of primary amides is 1. The molecular formula is C41H51ClF2N4O6. The second-order valence-electron chi connectivity index (χ2n) is 12.8. The lowest BCUT2D eigenvalue weighted by atomic mass is 10.1. The molecule has 1 aliphatic heterocycles. The van der Waals surface area contributed by atoms with Gasteiger partial charge in [-0.15, -0.1) is 12.4 Å². The second-order valence-corrected chi connectivity index (χ2v) is 12.8. The molecule has 1 unspecified atom stereocenters. The summed E-state index contributed by atoms with van der Waals surface area (Å²) in [6.45, 7) is 6.24. The van der Waals surface area contributed by atoms with Crippen molar-refractivity contribution in [3.63, 3.8) is 0 Å². The number of likely N-dealkylation sites (N-methyl/N-ethyl adjacent to an activating group) is 1. The molecule has 1 saturated heterocycles. The number of hydrogen-bond acceptors (Lipinski definition) is 8. The summed E-state index contributed by atoms with van der Waals surface area (Å²) in [7, 11) is 3.26. The van der Waals surface area contributed by atoms with Gasteiger partial charge in [-0.05, 0) is 84.8 Å². The van der Waals surface area contributed by atoms with E-state index in [0.29, 0.717) is 41.8 Å². The Kier molecular flexibility index (Phi) is 18.7. The lowest BCUT2D eigenvalue weighted by Gasteiger charge is -2.24. The SMILES string of the molecule is CNC(=O)CN(CCc1ccc(OCc2cccc(F)c2)c(OC)c1)CC1CCOC1.C[C@H](NCc1ccc(OCc2ccccc2F)cc1)C(N)=O.Cl. The summed E-state index contributed by atoms with van der Waals surface area (Å²) in [6.07, 6.45) is 1.82. The van der Waals surface area contributed by atoms with E-state index in [1.54, 1.807) is 45.3 Å². The minimum Gasteiger partial charge on any atom is -0.493 e. The van der Waals surface area contributed by atoms with Gasteiger partial charge < -0.3 is 35.3 Å². The summed E-state index contributed by atoms with van der Waals surface area (Å²) in [6, 6.07) is 25.7. The quantitative estimate of drug-likeness (QED) is 0.116. The third-order valence-corrected chi connectivity index (χ3v) is 8.73. The number of rotatable bonds is 18. The molecular weight excluding hydrogens is 718 g/mol. The van der Waals surface area contributed by atoms with Gasteiger partial charge in [0, 0.05) is 38.9 Å². The molecule has 4 aromatic carbocycles. The lowest BCUT2D eigenvalue weighted by molar-refractivity contribution is -0.122. The average Bonchev–Trinajstić information content (AvgIpc) is 3.68. The minimum absolute atomic E-state index is 0. The average molecular weight is 769 g/mol. The maximum atomic E-state index is 13.5. The van der Waals surface area contributed by atoms with E-state index < -0.39 is 0 Å². The highest BCUT2D eigenvalue weighted by molar-refractivity contribution is 5.85. The van der Waals surface area contributed by atoms with Crippen molar-refractivity contribution in [1.82, 2.24) is 15.5 Å². The van der Waals surface area contributed by atoms with E-state index in [0.717, 1.165) is 55.8 Å². The van der Waals surface area contributed by atoms with Crippen LogP contribution in [0.15, 0.2) is 91.0 Å². The predicted octanol–water partition coefficient (Wildman–Crippen LogP) is 5.83. The van der Waals surface area contributed by atoms with E-state index in [-0.39, 0.29) is 55.1 Å². The van der Waals surface area contributed by atoms with Gasteiger partial charge in [-0.1, -0.05) is 48.5 Å². The first kappa shape index (κ1) is 43.7. The molecule has 1 heterocycles. The Morgan fingerprint density at radius 3 is 2.35 bits per heavy atom. The van der Waals surface area contributed by atoms with Crippen LogP contribution in [0, 0.1) is 17.6 Å². The van der Waals surface area contributed by atoms with Crippen LogP contribution in [0.5, 0.6) is 17.2 Å². The van der Waals surface area contributed by atoms with Gasteiger partial charge in [-0.25, -0.2) is 8.78 Å². The van der Waals surface area contributed by atoms with E-state index in [2.05, 4.69) is 15.5 Å². The van der Waals surface area contributed by atoms with Gasteiger partial charge in [0.1, 0.15) is 30.6 Å². The van der Waals surface area contributed by atoms with Crippen molar-refractivity contribution in [2.24, 2.45) is 11.7 Å². The van der Waals surface area contributed by atoms with E-state index in [4.69, 9.17) is 24.7 Å². The zero-order chi connectivity index (χ0) is 38.0. The van der Waals surface area contributed by atoms with E-state index in [9.17, 15) is 18.4 Å². The largest absolute Gasteiger partial charge is 0.493 e. The van der Waals surface area contributed by atoms with Crippen molar-refractivity contribution < 1.29 is 37.3 Å². The predicted molar refractivity (Wildman–Crippen MR) is 207 cm³/mol. The third-order valence-electron chi connectivity index (χ3n) is 8.73. The Bertz CT molecular complexity index is 1740. The molecule has 0 radical (unpaired) electrons. The molecule has 1 aliphatic rings. The van der Waals surface area contributed by atoms with Crippen LogP contribution in [0.4, 0.5) is 8.78 Å². The molecule has 292 valence electrons. The highest BCUT2D eigenvalue weighted by Crippen LogP contribution is 2.29. The van der Waals surface area contributed by atoms with Gasteiger partial charge in [-0.3, -0.25) is 14.5 Å². The van der Waals surface area contributed by atoms with Crippen LogP contribution in [0.2, 0.25) is 0 Å². The molecule has 0 aliphatic carbocycles. The van der Waals surface area contributed by atoms with Crippen molar-refractivity contribution in [3.8, 4) is 17.2 Å². The first-order chi connectivity index (χ1) is 25.6. The van der Waals surface area contributed by atoms with E-state index >= 15 is 0 Å². The second kappa shape index (κ2) is 23.1. The first-order valence-corrected chi connectivity index (χ1v) is 17.7. The molecule has 2 amide bonds. The topological polar surface area (TPSA) is 124 Å². The van der Waals surface area contributed by atoms with Crippen LogP contribution in [0.3, 0.4) is 0 Å². The molecule has 13 heteroatoms. The maximum absolute atomic E-state index is 13.5. The summed E-state index contributed by atoms with van der Waals surface area (Å²) in [5.74, 6) is 1.45. The summed E-state index contributed by atoms with van der Waals surface area (Å²) >= 11 is 0. The number of benzene rings is 4. The number of nitrogens with zero attached hydrogens (tertiary/aromatic N) is 1. The molecule has 1 fully saturated rings. The number of nitrogens with one attached hydrogen (secondary N) is 2. The Labute approximate surface area is 322 Å². The van der Waals surface area contributed by atoms with Crippen LogP contribution < -0.4 is 30.6 Å². The maximum Gasteiger partial charge on any atom is 0.234 e. The molecule has 5 rings (SSSR count). The Morgan fingerprint density at radius 1 is 0.926 bits per heavy atom. The van der Waals surface area contributed by atoms with Gasteiger partial charge in [0.25, 0.3) is 0 Å². The third kappa shape index (κ3) is 14.9. The molecule has 4 N–H and O–H groups in total. The number of amides is 2. The summed E-state index contributed by atoms with van der Waals surface area (Å²) in [4.78, 5) is 25.0. The standard InChI is InChI=1S/C24H31FN2O4.C17H19FN2O2.ClH/c1-26-24(28)15-27(14-20-9-11-30-16-20)10-8-18-6-7-22(23(13-18)29-2)31-17-19-4-3-5-21(25)12-19;1-12(17(19)21)20-10-13-6-8-15(9-7-13)22-11-14-4-2-3-5-16(14)18;/h3-7,12-13,20H,8-11,14-17H2,1-2H3,(H,26,28);2-9,12,20H,10-11H2,1H3,(H2,19,21);1H/t;12-;/m.0./s1. The highest BCUT2D eigenvalue weighted by Gasteiger charge is 2.21. The number of hydrogen-bond donors (Lipinski definition) is 3. The minimum atomic E-state index is -0.384. The molecule has 0 spiro atoms.